The first-order valence-corrected chi connectivity index (χ1v) is 5.07. The Morgan fingerprint density at radius 2 is 2.29 bits per heavy atom. The number of carboxylic acid groups (broad SMARTS) is 1. The summed E-state index contributed by atoms with van der Waals surface area (Å²) in [6.45, 7) is 2.14. The Hall–Kier alpha value is -2.37. The van der Waals surface area contributed by atoms with Crippen LogP contribution in [-0.4, -0.2) is 20.6 Å². The number of anilines is 1. The van der Waals surface area contributed by atoms with Gasteiger partial charge in [0.25, 0.3) is 5.56 Å². The molecule has 0 aromatic carbocycles. The number of hydrogen-bond donors (Lipinski definition) is 2. The molecule has 2 aromatic rings. The van der Waals surface area contributed by atoms with Crippen molar-refractivity contribution in [3.8, 4) is 0 Å². The van der Waals surface area contributed by atoms with E-state index in [0.29, 0.717) is 17.4 Å². The quantitative estimate of drug-likeness (QED) is 0.795. The summed E-state index contributed by atoms with van der Waals surface area (Å²) in [6, 6.07) is 1.64. The van der Waals surface area contributed by atoms with Crippen LogP contribution in [0.1, 0.15) is 17.3 Å². The van der Waals surface area contributed by atoms with E-state index in [-0.39, 0.29) is 5.69 Å². The number of rotatable bonds is 2. The van der Waals surface area contributed by atoms with E-state index in [2.05, 4.69) is 4.98 Å². The van der Waals surface area contributed by atoms with Crippen molar-refractivity contribution in [2.75, 3.05) is 5.73 Å². The van der Waals surface area contributed by atoms with Crippen LogP contribution in [0, 0.1) is 0 Å². The maximum Gasteiger partial charge on any atom is 0.343 e. The summed E-state index contributed by atoms with van der Waals surface area (Å²) in [5.41, 5.74) is 5.29. The van der Waals surface area contributed by atoms with Gasteiger partial charge in [-0.3, -0.25) is 9.78 Å². The predicted octanol–water partition coefficient (Wildman–Crippen LogP) is 0.697. The number of carbonyl (C=O) groups is 1. The molecule has 6 heteroatoms. The van der Waals surface area contributed by atoms with E-state index in [1.807, 2.05) is 0 Å². The minimum absolute atomic E-state index is 0.0321. The second-order valence-electron chi connectivity index (χ2n) is 3.54. The van der Waals surface area contributed by atoms with E-state index in [1.54, 1.807) is 13.0 Å². The summed E-state index contributed by atoms with van der Waals surface area (Å²) in [4.78, 5) is 26.9. The van der Waals surface area contributed by atoms with E-state index in [9.17, 15) is 9.59 Å². The van der Waals surface area contributed by atoms with Gasteiger partial charge in [0.1, 0.15) is 5.56 Å². The largest absolute Gasteiger partial charge is 0.477 e. The van der Waals surface area contributed by atoms with Crippen LogP contribution < -0.4 is 11.3 Å². The van der Waals surface area contributed by atoms with Gasteiger partial charge in [-0.05, 0) is 13.0 Å². The van der Waals surface area contributed by atoms with E-state index in [4.69, 9.17) is 10.8 Å². The monoisotopic (exact) mass is 233 g/mol. The molecule has 0 atom stereocenters. The number of pyridine rings is 2. The molecule has 2 rings (SSSR count). The highest BCUT2D eigenvalue weighted by Crippen LogP contribution is 2.21. The van der Waals surface area contributed by atoms with Crippen LogP contribution in [-0.2, 0) is 6.54 Å². The standard InChI is InChI=1S/C11H11N3O3/c1-2-14-7-3-4-13-5-6(7)9(12)8(10(14)15)11(16)17/h3-5H,2,12H2,1H3,(H,16,17). The zero-order valence-corrected chi connectivity index (χ0v) is 9.17. The average molecular weight is 233 g/mol. The lowest BCUT2D eigenvalue weighted by Crippen LogP contribution is -2.28. The molecule has 0 saturated heterocycles. The number of aryl methyl sites for hydroxylation is 1. The first-order valence-electron chi connectivity index (χ1n) is 5.07. The van der Waals surface area contributed by atoms with Crippen molar-refractivity contribution < 1.29 is 9.90 Å². The lowest BCUT2D eigenvalue weighted by molar-refractivity contribution is 0.0695. The van der Waals surface area contributed by atoms with Gasteiger partial charge in [-0.1, -0.05) is 0 Å². The molecule has 0 aliphatic rings. The fourth-order valence-corrected chi connectivity index (χ4v) is 1.84. The minimum atomic E-state index is -1.32. The highest BCUT2D eigenvalue weighted by Gasteiger charge is 2.19. The van der Waals surface area contributed by atoms with Gasteiger partial charge in [-0.2, -0.15) is 0 Å². The van der Waals surface area contributed by atoms with Crippen molar-refractivity contribution in [3.05, 3.63) is 34.4 Å². The smallest absolute Gasteiger partial charge is 0.343 e. The number of fused-ring (bicyclic) bond motifs is 1. The summed E-state index contributed by atoms with van der Waals surface area (Å²) in [6.07, 6.45) is 3.00. The Bertz CT molecular complexity index is 661. The average Bonchev–Trinajstić information content (AvgIpc) is 2.29. The van der Waals surface area contributed by atoms with Gasteiger partial charge in [-0.15, -0.1) is 0 Å². The van der Waals surface area contributed by atoms with Gasteiger partial charge >= 0.3 is 5.97 Å². The summed E-state index contributed by atoms with van der Waals surface area (Å²) < 4.78 is 1.37. The topological polar surface area (TPSA) is 98.2 Å². The molecule has 0 unspecified atom stereocenters. The van der Waals surface area contributed by atoms with Gasteiger partial charge in [0.05, 0.1) is 11.2 Å². The normalized spacial score (nSPS) is 10.6. The molecule has 88 valence electrons. The number of nitrogen functional groups attached to an aromatic ring is 1. The molecule has 2 aromatic heterocycles. The van der Waals surface area contributed by atoms with Crippen LogP contribution in [0.4, 0.5) is 5.69 Å². The SMILES string of the molecule is CCn1c(=O)c(C(=O)O)c(N)c2cnccc21. The minimum Gasteiger partial charge on any atom is -0.477 e. The first-order chi connectivity index (χ1) is 8.07. The Balaban J connectivity index is 3.05. The van der Waals surface area contributed by atoms with Gasteiger partial charge in [0.15, 0.2) is 0 Å². The number of aromatic carboxylic acids is 1. The maximum absolute atomic E-state index is 12.0. The van der Waals surface area contributed by atoms with Crippen LogP contribution in [0.5, 0.6) is 0 Å². The number of nitrogens with zero attached hydrogens (tertiary/aromatic N) is 2. The number of carboxylic acids is 1. The Morgan fingerprint density at radius 1 is 1.59 bits per heavy atom. The Labute approximate surface area is 96.3 Å². The van der Waals surface area contributed by atoms with Gasteiger partial charge in [0.2, 0.25) is 0 Å². The van der Waals surface area contributed by atoms with Crippen molar-refractivity contribution in [2.45, 2.75) is 13.5 Å². The molecule has 0 fully saturated rings. The van der Waals surface area contributed by atoms with Gasteiger partial charge in [0, 0.05) is 24.3 Å². The molecule has 0 aliphatic carbocycles. The van der Waals surface area contributed by atoms with E-state index >= 15 is 0 Å². The second-order valence-corrected chi connectivity index (χ2v) is 3.54. The molecule has 0 radical (unpaired) electrons. The lowest BCUT2D eigenvalue weighted by atomic mass is 10.1. The van der Waals surface area contributed by atoms with Crippen LogP contribution in [0.2, 0.25) is 0 Å². The molecular formula is C11H11N3O3. The molecule has 17 heavy (non-hydrogen) atoms. The third-order valence-corrected chi connectivity index (χ3v) is 2.64. The molecule has 0 saturated carbocycles. The Morgan fingerprint density at radius 3 is 2.88 bits per heavy atom. The molecular weight excluding hydrogens is 222 g/mol. The van der Waals surface area contributed by atoms with Gasteiger partial charge in [-0.25, -0.2) is 4.79 Å². The molecule has 0 amide bonds. The Kier molecular flexibility index (Phi) is 2.55. The predicted molar refractivity (Wildman–Crippen MR) is 63.0 cm³/mol. The van der Waals surface area contributed by atoms with Crippen molar-refractivity contribution in [2.24, 2.45) is 0 Å². The lowest BCUT2D eigenvalue weighted by Gasteiger charge is -2.11. The fraction of sp³-hybridized carbons (Fsp3) is 0.182. The summed E-state index contributed by atoms with van der Waals surface area (Å²) >= 11 is 0. The van der Waals surface area contributed by atoms with Crippen LogP contribution in [0.3, 0.4) is 0 Å². The zero-order chi connectivity index (χ0) is 12.6. The number of hydrogen-bond acceptors (Lipinski definition) is 4. The van der Waals surface area contributed by atoms with E-state index in [1.165, 1.54) is 17.0 Å². The third kappa shape index (κ3) is 1.54. The van der Waals surface area contributed by atoms with E-state index < -0.39 is 17.1 Å². The van der Waals surface area contributed by atoms with Crippen molar-refractivity contribution in [1.29, 1.82) is 0 Å². The van der Waals surface area contributed by atoms with Crippen LogP contribution >= 0.6 is 0 Å². The van der Waals surface area contributed by atoms with E-state index in [0.717, 1.165) is 0 Å². The third-order valence-electron chi connectivity index (χ3n) is 2.64. The van der Waals surface area contributed by atoms with Crippen molar-refractivity contribution in [1.82, 2.24) is 9.55 Å². The van der Waals surface area contributed by atoms with Gasteiger partial charge < -0.3 is 15.4 Å². The maximum atomic E-state index is 12.0. The van der Waals surface area contributed by atoms with Crippen LogP contribution in [0.15, 0.2) is 23.3 Å². The summed E-state index contributed by atoms with van der Waals surface area (Å²) in [5.74, 6) is -1.32. The fourth-order valence-electron chi connectivity index (χ4n) is 1.84. The summed E-state index contributed by atoms with van der Waals surface area (Å²) in [7, 11) is 0. The number of aromatic nitrogens is 2. The molecule has 0 bridgehead atoms. The van der Waals surface area contributed by atoms with Crippen LogP contribution in [0.25, 0.3) is 10.9 Å². The van der Waals surface area contributed by atoms with Crippen molar-refractivity contribution >= 4 is 22.6 Å². The molecule has 6 nitrogen and oxygen atoms in total. The molecule has 0 spiro atoms. The first kappa shape index (κ1) is 11.1. The zero-order valence-electron chi connectivity index (χ0n) is 9.17. The molecule has 0 aliphatic heterocycles. The second kappa shape index (κ2) is 3.89. The highest BCUT2D eigenvalue weighted by molar-refractivity contribution is 6.03. The van der Waals surface area contributed by atoms with Crippen molar-refractivity contribution in [3.63, 3.8) is 0 Å². The summed E-state index contributed by atoms with van der Waals surface area (Å²) in [5, 5.41) is 9.49. The number of nitrogens with two attached hydrogens (primary N) is 1. The highest BCUT2D eigenvalue weighted by atomic mass is 16.4. The molecule has 3 N–H and O–H groups in total. The molecule has 2 heterocycles.